The molecule has 2 aliphatic carbocycles. The first-order valence-electron chi connectivity index (χ1n) is 7.50. The van der Waals surface area contributed by atoms with Gasteiger partial charge in [-0.2, -0.15) is 0 Å². The summed E-state index contributed by atoms with van der Waals surface area (Å²) >= 11 is 0. The molecule has 3 rings (SSSR count). The van der Waals surface area contributed by atoms with Crippen LogP contribution in [0.25, 0.3) is 0 Å². The molecule has 0 radical (unpaired) electrons. The number of Topliss-reactive ketones (excluding diaryl/α,β-unsaturated/α-hetero) is 1. The Morgan fingerprint density at radius 2 is 1.84 bits per heavy atom. The summed E-state index contributed by atoms with van der Waals surface area (Å²) < 4.78 is 0. The lowest BCUT2D eigenvalue weighted by Crippen LogP contribution is -2.22. The van der Waals surface area contributed by atoms with Crippen LogP contribution >= 0.6 is 0 Å². The molecule has 1 atom stereocenters. The maximum atomic E-state index is 12.1. The molecule has 0 aliphatic heterocycles. The summed E-state index contributed by atoms with van der Waals surface area (Å²) in [5.74, 6) is 0.347. The molecule has 1 aromatic carbocycles. The van der Waals surface area contributed by atoms with E-state index in [0.717, 1.165) is 37.7 Å². The second-order valence-corrected chi connectivity index (χ2v) is 5.52. The van der Waals surface area contributed by atoms with Crippen molar-refractivity contribution in [2.24, 2.45) is 0 Å². The van der Waals surface area contributed by atoms with E-state index in [2.05, 4.69) is 25.1 Å². The van der Waals surface area contributed by atoms with Crippen LogP contribution in [0.1, 0.15) is 68.8 Å². The third-order valence-corrected chi connectivity index (χ3v) is 4.41. The summed E-state index contributed by atoms with van der Waals surface area (Å²) in [6.45, 7) is 6.21. The van der Waals surface area contributed by atoms with Crippen molar-refractivity contribution >= 4 is 5.78 Å². The van der Waals surface area contributed by atoms with Gasteiger partial charge in [0.15, 0.2) is 5.78 Å². The van der Waals surface area contributed by atoms with Crippen LogP contribution in [0, 0.1) is 0 Å². The Balaban J connectivity index is 0.000000637. The van der Waals surface area contributed by atoms with Crippen molar-refractivity contribution in [2.45, 2.75) is 58.3 Å². The Kier molecular flexibility index (Phi) is 4.24. The van der Waals surface area contributed by atoms with Gasteiger partial charge in [0, 0.05) is 17.4 Å². The summed E-state index contributed by atoms with van der Waals surface area (Å²) in [6.07, 6.45) is 7.61. The maximum absolute atomic E-state index is 12.1. The zero-order chi connectivity index (χ0) is 13.9. The third kappa shape index (κ3) is 2.51. The Morgan fingerprint density at radius 1 is 1.11 bits per heavy atom. The second-order valence-electron chi connectivity index (χ2n) is 5.52. The van der Waals surface area contributed by atoms with E-state index in [1.54, 1.807) is 0 Å². The van der Waals surface area contributed by atoms with Gasteiger partial charge in [-0.05, 0) is 38.2 Å². The molecule has 1 spiro atoms. The fraction of sp³-hybridized carbons (Fsp3) is 0.500. The van der Waals surface area contributed by atoms with Crippen LogP contribution in [0.3, 0.4) is 0 Å². The maximum Gasteiger partial charge on any atom is 0.164 e. The Hall–Kier alpha value is -1.37. The van der Waals surface area contributed by atoms with E-state index in [0.29, 0.717) is 5.78 Å². The summed E-state index contributed by atoms with van der Waals surface area (Å²) in [6, 6.07) is 8.22. The number of benzene rings is 1. The number of carbonyl (C=O) groups excluding carboxylic acids is 1. The van der Waals surface area contributed by atoms with Crippen LogP contribution in [0.5, 0.6) is 0 Å². The van der Waals surface area contributed by atoms with Gasteiger partial charge in [-0.25, -0.2) is 0 Å². The first-order valence-corrected chi connectivity index (χ1v) is 7.50. The van der Waals surface area contributed by atoms with Gasteiger partial charge in [0.05, 0.1) is 0 Å². The van der Waals surface area contributed by atoms with Crippen LogP contribution in [0.2, 0.25) is 0 Å². The average molecular weight is 256 g/mol. The molecule has 1 aromatic rings. The lowest BCUT2D eigenvalue weighted by atomic mass is 9.75. The summed E-state index contributed by atoms with van der Waals surface area (Å²) in [4.78, 5) is 12.1. The quantitative estimate of drug-likeness (QED) is 0.593. The summed E-state index contributed by atoms with van der Waals surface area (Å²) in [5, 5.41) is 0. The number of hydrogen-bond donors (Lipinski definition) is 0. The Bertz CT molecular complexity index is 498. The second kappa shape index (κ2) is 5.73. The third-order valence-electron chi connectivity index (χ3n) is 4.41. The predicted octanol–water partition coefficient (Wildman–Crippen LogP) is 5.06. The van der Waals surface area contributed by atoms with E-state index in [9.17, 15) is 4.79 Å². The van der Waals surface area contributed by atoms with E-state index < -0.39 is 0 Å². The van der Waals surface area contributed by atoms with Crippen molar-refractivity contribution in [3.63, 3.8) is 0 Å². The first-order chi connectivity index (χ1) is 9.21. The molecule has 0 bridgehead atoms. The van der Waals surface area contributed by atoms with Crippen molar-refractivity contribution in [3.05, 3.63) is 47.0 Å². The number of allylic oxidation sites excluding steroid dienone is 2. The van der Waals surface area contributed by atoms with Crippen molar-refractivity contribution in [1.82, 2.24) is 0 Å². The fourth-order valence-corrected chi connectivity index (χ4v) is 3.39. The van der Waals surface area contributed by atoms with Gasteiger partial charge in [0.25, 0.3) is 0 Å². The van der Waals surface area contributed by atoms with Gasteiger partial charge in [0.1, 0.15) is 0 Å². The molecule has 0 saturated heterocycles. The number of hydrogen-bond acceptors (Lipinski definition) is 1. The summed E-state index contributed by atoms with van der Waals surface area (Å²) in [7, 11) is 0. The minimum atomic E-state index is 0.141. The van der Waals surface area contributed by atoms with Crippen LogP contribution in [-0.4, -0.2) is 5.78 Å². The number of ketones is 1. The largest absolute Gasteiger partial charge is 0.294 e. The molecule has 0 aromatic heterocycles. The standard InChI is InChI=1S/C16H18O.C2H6/c1-12-5-4-9-16(10-8-12)11-15(17)13-6-2-3-7-14(13)16;1-2/h2-3,5-7H,4,8-11H2,1H3;1-2H3. The first kappa shape index (κ1) is 14.0. The predicted molar refractivity (Wildman–Crippen MR) is 80.6 cm³/mol. The summed E-state index contributed by atoms with van der Waals surface area (Å²) in [5.41, 5.74) is 3.92. The van der Waals surface area contributed by atoms with Gasteiger partial charge in [-0.1, -0.05) is 49.8 Å². The number of carbonyl (C=O) groups is 1. The molecule has 102 valence electrons. The molecule has 1 nitrogen and oxygen atoms in total. The average Bonchev–Trinajstić information content (AvgIpc) is 2.59. The van der Waals surface area contributed by atoms with Gasteiger partial charge in [0.2, 0.25) is 0 Å². The van der Waals surface area contributed by atoms with E-state index in [1.165, 1.54) is 11.1 Å². The lowest BCUT2D eigenvalue weighted by molar-refractivity contribution is 0.0969. The minimum Gasteiger partial charge on any atom is -0.294 e. The van der Waals surface area contributed by atoms with E-state index >= 15 is 0 Å². The van der Waals surface area contributed by atoms with Crippen molar-refractivity contribution in [1.29, 1.82) is 0 Å². The molecule has 1 heteroatoms. The van der Waals surface area contributed by atoms with Crippen LogP contribution in [0.4, 0.5) is 0 Å². The van der Waals surface area contributed by atoms with Gasteiger partial charge in [-0.15, -0.1) is 0 Å². The monoisotopic (exact) mass is 256 g/mol. The molecule has 0 amide bonds. The fourth-order valence-electron chi connectivity index (χ4n) is 3.39. The molecule has 1 unspecified atom stereocenters. The highest BCUT2D eigenvalue weighted by Crippen LogP contribution is 2.47. The molecule has 2 aliphatic rings. The normalized spacial score (nSPS) is 25.2. The number of fused-ring (bicyclic) bond motifs is 2. The lowest BCUT2D eigenvalue weighted by Gasteiger charge is -2.28. The minimum absolute atomic E-state index is 0.141. The molecule has 0 saturated carbocycles. The van der Waals surface area contributed by atoms with Gasteiger partial charge < -0.3 is 0 Å². The van der Waals surface area contributed by atoms with E-state index in [-0.39, 0.29) is 5.41 Å². The van der Waals surface area contributed by atoms with Crippen LogP contribution in [0.15, 0.2) is 35.9 Å². The zero-order valence-electron chi connectivity index (χ0n) is 12.3. The van der Waals surface area contributed by atoms with Gasteiger partial charge in [-0.3, -0.25) is 4.79 Å². The van der Waals surface area contributed by atoms with E-state index in [1.807, 2.05) is 26.0 Å². The zero-order valence-corrected chi connectivity index (χ0v) is 12.3. The smallest absolute Gasteiger partial charge is 0.164 e. The highest BCUT2D eigenvalue weighted by atomic mass is 16.1. The van der Waals surface area contributed by atoms with Gasteiger partial charge >= 0.3 is 0 Å². The molecular formula is C18H24O. The molecule has 0 fully saturated rings. The molecule has 0 heterocycles. The SMILES string of the molecule is CC.CC1=CCCC2(CC1)CC(=O)c1ccccc12. The van der Waals surface area contributed by atoms with Crippen LogP contribution < -0.4 is 0 Å². The highest BCUT2D eigenvalue weighted by Gasteiger charge is 2.42. The molecule has 0 N–H and O–H groups in total. The molecular weight excluding hydrogens is 232 g/mol. The van der Waals surface area contributed by atoms with Crippen LogP contribution in [-0.2, 0) is 5.41 Å². The van der Waals surface area contributed by atoms with E-state index in [4.69, 9.17) is 0 Å². The van der Waals surface area contributed by atoms with Crippen molar-refractivity contribution < 1.29 is 4.79 Å². The highest BCUT2D eigenvalue weighted by molar-refractivity contribution is 6.02. The number of rotatable bonds is 0. The Morgan fingerprint density at radius 3 is 2.63 bits per heavy atom. The van der Waals surface area contributed by atoms with Crippen molar-refractivity contribution in [2.75, 3.05) is 0 Å². The van der Waals surface area contributed by atoms with Crippen molar-refractivity contribution in [3.8, 4) is 0 Å². The molecule has 19 heavy (non-hydrogen) atoms. The topological polar surface area (TPSA) is 17.1 Å². The Labute approximate surface area is 116 Å².